The van der Waals surface area contributed by atoms with Crippen molar-refractivity contribution in [1.82, 2.24) is 4.98 Å². The average molecular weight is 289 g/mol. The van der Waals surface area contributed by atoms with E-state index >= 15 is 0 Å². The van der Waals surface area contributed by atoms with Gasteiger partial charge in [-0.3, -0.25) is 4.79 Å². The number of nitrogens with zero attached hydrogens (tertiary/aromatic N) is 1. The molecule has 2 rings (SSSR count). The van der Waals surface area contributed by atoms with Crippen molar-refractivity contribution in [3.8, 4) is 0 Å². The van der Waals surface area contributed by atoms with Gasteiger partial charge < -0.3 is 10.2 Å². The van der Waals surface area contributed by atoms with Crippen molar-refractivity contribution in [2.45, 2.75) is 6.42 Å². The van der Waals surface area contributed by atoms with Crippen molar-refractivity contribution in [2.75, 3.05) is 0 Å². The lowest BCUT2D eigenvalue weighted by atomic mass is 10.2. The molecule has 0 aliphatic rings. The van der Waals surface area contributed by atoms with E-state index in [0.29, 0.717) is 12.5 Å². The first-order chi connectivity index (χ1) is 9.56. The molecule has 0 atom stereocenters. The number of thiazole rings is 1. The van der Waals surface area contributed by atoms with E-state index in [2.05, 4.69) is 4.98 Å². The van der Waals surface area contributed by atoms with Gasteiger partial charge in [-0.1, -0.05) is 30.3 Å². The molecule has 2 N–H and O–H groups in total. The number of aliphatic hydroxyl groups excluding tert-OH is 1. The number of carboxylic acid groups (broad SMARTS) is 1. The quantitative estimate of drug-likeness (QED) is 0.501. The third-order valence-electron chi connectivity index (χ3n) is 2.49. The van der Waals surface area contributed by atoms with Gasteiger partial charge in [0.05, 0.1) is 5.01 Å². The molecule has 0 fully saturated rings. The summed E-state index contributed by atoms with van der Waals surface area (Å²) < 4.78 is 0. The third-order valence-corrected chi connectivity index (χ3v) is 3.34. The summed E-state index contributed by atoms with van der Waals surface area (Å²) in [7, 11) is 0. The van der Waals surface area contributed by atoms with Crippen LogP contribution in [0, 0.1) is 0 Å². The second-order valence-electron chi connectivity index (χ2n) is 3.99. The maximum atomic E-state index is 11.0. The Balaban J connectivity index is 2.13. The predicted octanol–water partition coefficient (Wildman–Crippen LogP) is 2.29. The first kappa shape index (κ1) is 14.0. The van der Waals surface area contributed by atoms with Crippen LogP contribution in [0.3, 0.4) is 0 Å². The highest BCUT2D eigenvalue weighted by Gasteiger charge is 2.12. The zero-order chi connectivity index (χ0) is 14.5. The molecule has 0 saturated heterocycles. The van der Waals surface area contributed by atoms with Crippen LogP contribution in [0.4, 0.5) is 0 Å². The fraction of sp³-hybridized carbons (Fsp3) is 0.0714. The Labute approximate surface area is 118 Å². The molecule has 0 bridgehead atoms. The van der Waals surface area contributed by atoms with E-state index in [1.807, 2.05) is 30.3 Å². The van der Waals surface area contributed by atoms with Gasteiger partial charge in [0.1, 0.15) is 11.5 Å². The van der Waals surface area contributed by atoms with Gasteiger partial charge in [0, 0.05) is 17.9 Å². The molecule has 0 aliphatic carbocycles. The van der Waals surface area contributed by atoms with Gasteiger partial charge in [0.2, 0.25) is 0 Å². The number of carboxylic acids is 1. The number of hydrogen-bond acceptors (Lipinski definition) is 5. The molecule has 0 radical (unpaired) electrons. The van der Waals surface area contributed by atoms with Crippen molar-refractivity contribution in [2.24, 2.45) is 0 Å². The fourth-order valence-corrected chi connectivity index (χ4v) is 2.36. The van der Waals surface area contributed by atoms with Crippen molar-refractivity contribution in [3.05, 3.63) is 58.1 Å². The van der Waals surface area contributed by atoms with Gasteiger partial charge in [-0.15, -0.1) is 11.3 Å². The smallest absolute Gasteiger partial charge is 0.376 e. The van der Waals surface area contributed by atoms with Gasteiger partial charge >= 0.3 is 5.97 Å². The van der Waals surface area contributed by atoms with Crippen LogP contribution in [0.1, 0.15) is 16.3 Å². The van der Waals surface area contributed by atoms with Crippen LogP contribution in [-0.2, 0) is 16.0 Å². The lowest BCUT2D eigenvalue weighted by Crippen LogP contribution is -2.09. The first-order valence-electron chi connectivity index (χ1n) is 5.73. The molecule has 1 aromatic carbocycles. The van der Waals surface area contributed by atoms with Gasteiger partial charge in [-0.05, 0) is 5.56 Å². The summed E-state index contributed by atoms with van der Waals surface area (Å²) in [5.74, 6) is -3.23. The van der Waals surface area contributed by atoms with Crippen molar-refractivity contribution >= 4 is 28.8 Å². The number of carbonyl (C=O) groups is 2. The van der Waals surface area contributed by atoms with E-state index in [1.165, 1.54) is 11.3 Å². The summed E-state index contributed by atoms with van der Waals surface area (Å²) in [6, 6.07) is 9.69. The second-order valence-corrected chi connectivity index (χ2v) is 4.93. The lowest BCUT2D eigenvalue weighted by molar-refractivity contribution is -0.146. The van der Waals surface area contributed by atoms with Crippen molar-refractivity contribution in [3.63, 3.8) is 0 Å². The molecule has 0 saturated carbocycles. The zero-order valence-corrected chi connectivity index (χ0v) is 11.1. The predicted molar refractivity (Wildman–Crippen MR) is 74.6 cm³/mol. The fourth-order valence-electron chi connectivity index (χ4n) is 1.54. The average Bonchev–Trinajstić information content (AvgIpc) is 2.88. The highest BCUT2D eigenvalue weighted by atomic mass is 32.1. The highest BCUT2D eigenvalue weighted by molar-refractivity contribution is 7.09. The topological polar surface area (TPSA) is 87.5 Å². The van der Waals surface area contributed by atoms with Gasteiger partial charge in [-0.2, -0.15) is 0 Å². The van der Waals surface area contributed by atoms with E-state index in [1.54, 1.807) is 5.38 Å². The molecular formula is C14H11NO4S. The maximum Gasteiger partial charge on any atom is 0.376 e. The van der Waals surface area contributed by atoms with Gasteiger partial charge in [-0.25, -0.2) is 9.78 Å². The molecule has 0 unspecified atom stereocenters. The van der Waals surface area contributed by atoms with E-state index in [9.17, 15) is 14.7 Å². The monoisotopic (exact) mass is 289 g/mol. The minimum Gasteiger partial charge on any atom is -0.506 e. The summed E-state index contributed by atoms with van der Waals surface area (Å²) >= 11 is 1.34. The molecule has 0 aliphatic heterocycles. The summed E-state index contributed by atoms with van der Waals surface area (Å²) in [6.45, 7) is 0. The number of aliphatic hydroxyl groups is 1. The Morgan fingerprint density at radius 2 is 1.90 bits per heavy atom. The number of carbonyl (C=O) groups excluding carboxylic acids is 1. The molecule has 1 aromatic heterocycles. The summed E-state index contributed by atoms with van der Waals surface area (Å²) in [5, 5.41) is 20.4. The lowest BCUT2D eigenvalue weighted by Gasteiger charge is -1.96. The Morgan fingerprint density at radius 3 is 2.55 bits per heavy atom. The van der Waals surface area contributed by atoms with E-state index in [4.69, 9.17) is 5.11 Å². The van der Waals surface area contributed by atoms with Crippen LogP contribution >= 0.6 is 11.3 Å². The molecular weight excluding hydrogens is 278 g/mol. The third kappa shape index (κ3) is 3.52. The van der Waals surface area contributed by atoms with E-state index in [0.717, 1.165) is 10.6 Å². The van der Waals surface area contributed by atoms with Crippen LogP contribution in [0.25, 0.3) is 5.76 Å². The Kier molecular flexibility index (Phi) is 4.27. The van der Waals surface area contributed by atoms with Gasteiger partial charge in [0.15, 0.2) is 0 Å². The van der Waals surface area contributed by atoms with Crippen molar-refractivity contribution in [1.29, 1.82) is 0 Å². The molecule has 0 amide bonds. The highest BCUT2D eigenvalue weighted by Crippen LogP contribution is 2.18. The standard InChI is InChI=1S/C14H11NO4S/c16-11(7-12(17)14(18)19)10-8-20-13(15-10)6-9-4-2-1-3-5-9/h1-5,7-8,16H,6H2,(H,18,19). The first-order valence-corrected chi connectivity index (χ1v) is 6.61. The largest absolute Gasteiger partial charge is 0.506 e. The molecule has 20 heavy (non-hydrogen) atoms. The van der Waals surface area contributed by atoms with Gasteiger partial charge in [0.25, 0.3) is 5.78 Å². The van der Waals surface area contributed by atoms with E-state index in [-0.39, 0.29) is 5.69 Å². The minimum atomic E-state index is -1.61. The molecule has 2 aromatic rings. The van der Waals surface area contributed by atoms with Crippen LogP contribution in [-0.4, -0.2) is 26.9 Å². The summed E-state index contributed by atoms with van der Waals surface area (Å²) in [6.07, 6.45) is 1.27. The van der Waals surface area contributed by atoms with E-state index < -0.39 is 17.5 Å². The molecule has 1 heterocycles. The molecule has 6 heteroatoms. The number of aliphatic carboxylic acids is 1. The Hall–Kier alpha value is -2.47. The molecule has 102 valence electrons. The summed E-state index contributed by atoms with van der Waals surface area (Å²) in [5.41, 5.74) is 1.29. The normalized spacial score (nSPS) is 11.3. The minimum absolute atomic E-state index is 0.204. The Morgan fingerprint density at radius 1 is 1.20 bits per heavy atom. The number of benzene rings is 1. The van der Waals surface area contributed by atoms with Crippen LogP contribution in [0.2, 0.25) is 0 Å². The molecule has 0 spiro atoms. The number of rotatable bonds is 5. The van der Waals surface area contributed by atoms with Crippen LogP contribution in [0.15, 0.2) is 41.8 Å². The zero-order valence-electron chi connectivity index (χ0n) is 10.3. The molecule has 5 nitrogen and oxygen atoms in total. The Bertz CT molecular complexity index is 661. The number of aromatic nitrogens is 1. The SMILES string of the molecule is O=C(O)C(=O)C=C(O)c1csc(Cc2ccccc2)n1. The van der Waals surface area contributed by atoms with Crippen LogP contribution in [0.5, 0.6) is 0 Å². The second kappa shape index (κ2) is 6.12. The number of ketones is 1. The number of hydrogen-bond donors (Lipinski definition) is 2. The van der Waals surface area contributed by atoms with Crippen LogP contribution < -0.4 is 0 Å². The summed E-state index contributed by atoms with van der Waals surface area (Å²) in [4.78, 5) is 25.5. The maximum absolute atomic E-state index is 11.0. The van der Waals surface area contributed by atoms with Crippen molar-refractivity contribution < 1.29 is 19.8 Å².